The maximum Gasteiger partial charge on any atom is 0.243 e. The third-order valence-corrected chi connectivity index (χ3v) is 5.45. The standard InChI is InChI=1S/C20H26N6O5S/c1-25-11-14(19(24-25)31-5)18-22-23-20(26(18)8-9-28-2)32-12-17(27)21-15-7-6-13(29-3)10-16(15)30-4/h6-7,10-11H,8-9,12H2,1-5H3,(H,21,27). The first-order valence-corrected chi connectivity index (χ1v) is 10.6. The van der Waals surface area contributed by atoms with Crippen molar-refractivity contribution in [2.24, 2.45) is 7.05 Å². The Hall–Kier alpha value is -3.25. The Kier molecular flexibility index (Phi) is 7.95. The van der Waals surface area contributed by atoms with Crippen LogP contribution in [0.3, 0.4) is 0 Å². The summed E-state index contributed by atoms with van der Waals surface area (Å²) in [5.74, 6) is 2.10. The maximum absolute atomic E-state index is 12.6. The third-order valence-electron chi connectivity index (χ3n) is 4.48. The van der Waals surface area contributed by atoms with Crippen molar-refractivity contribution in [2.75, 3.05) is 46.1 Å². The van der Waals surface area contributed by atoms with E-state index in [-0.39, 0.29) is 11.7 Å². The van der Waals surface area contributed by atoms with Crippen LogP contribution >= 0.6 is 11.8 Å². The van der Waals surface area contributed by atoms with Gasteiger partial charge in [-0.2, -0.15) is 0 Å². The van der Waals surface area contributed by atoms with Gasteiger partial charge in [-0.3, -0.25) is 14.0 Å². The molecule has 0 bridgehead atoms. The number of hydrogen-bond acceptors (Lipinski definition) is 9. The molecule has 0 aliphatic heterocycles. The molecule has 1 N–H and O–H groups in total. The molecule has 3 rings (SSSR count). The highest BCUT2D eigenvalue weighted by atomic mass is 32.2. The van der Waals surface area contributed by atoms with Gasteiger partial charge in [-0.25, -0.2) is 0 Å². The number of ether oxygens (including phenoxy) is 4. The van der Waals surface area contributed by atoms with Gasteiger partial charge in [0.1, 0.15) is 17.1 Å². The third kappa shape index (κ3) is 5.32. The summed E-state index contributed by atoms with van der Waals surface area (Å²) >= 11 is 1.27. The van der Waals surface area contributed by atoms with E-state index in [0.717, 1.165) is 0 Å². The number of hydrogen-bond donors (Lipinski definition) is 1. The molecule has 0 saturated heterocycles. The van der Waals surface area contributed by atoms with Crippen molar-refractivity contribution in [1.82, 2.24) is 24.5 Å². The molecule has 0 radical (unpaired) electrons. The van der Waals surface area contributed by atoms with Gasteiger partial charge in [0, 0.05) is 26.4 Å². The van der Waals surface area contributed by atoms with Crippen LogP contribution in [0.2, 0.25) is 0 Å². The molecule has 12 heteroatoms. The number of anilines is 1. The fourth-order valence-electron chi connectivity index (χ4n) is 2.97. The summed E-state index contributed by atoms with van der Waals surface area (Å²) in [6, 6.07) is 5.19. The Morgan fingerprint density at radius 3 is 2.62 bits per heavy atom. The van der Waals surface area contributed by atoms with Crippen LogP contribution in [0.4, 0.5) is 5.69 Å². The molecule has 0 aliphatic rings. The second-order valence-corrected chi connectivity index (χ2v) is 7.52. The summed E-state index contributed by atoms with van der Waals surface area (Å²) in [7, 11) is 8.08. The van der Waals surface area contributed by atoms with Crippen molar-refractivity contribution in [3.63, 3.8) is 0 Å². The minimum Gasteiger partial charge on any atom is -0.497 e. The van der Waals surface area contributed by atoms with Crippen molar-refractivity contribution >= 4 is 23.4 Å². The lowest BCUT2D eigenvalue weighted by atomic mass is 10.2. The second-order valence-electron chi connectivity index (χ2n) is 6.58. The molecule has 2 heterocycles. The largest absolute Gasteiger partial charge is 0.497 e. The van der Waals surface area contributed by atoms with Gasteiger partial charge in [0.15, 0.2) is 11.0 Å². The van der Waals surface area contributed by atoms with E-state index in [1.165, 1.54) is 18.9 Å². The fourth-order valence-corrected chi connectivity index (χ4v) is 3.73. The van der Waals surface area contributed by atoms with Gasteiger partial charge < -0.3 is 24.3 Å². The maximum atomic E-state index is 12.6. The van der Waals surface area contributed by atoms with Crippen LogP contribution in [0, 0.1) is 0 Å². The summed E-state index contributed by atoms with van der Waals surface area (Å²) < 4.78 is 24.6. The van der Waals surface area contributed by atoms with Crippen LogP contribution in [-0.2, 0) is 23.1 Å². The minimum absolute atomic E-state index is 0.129. The molecule has 3 aromatic rings. The first-order chi connectivity index (χ1) is 15.5. The molecular weight excluding hydrogens is 436 g/mol. The number of amides is 1. The average Bonchev–Trinajstić information content (AvgIpc) is 3.38. The number of benzene rings is 1. The van der Waals surface area contributed by atoms with Gasteiger partial charge in [-0.05, 0) is 12.1 Å². The smallest absolute Gasteiger partial charge is 0.243 e. The number of carbonyl (C=O) groups is 1. The Bertz CT molecular complexity index is 1070. The lowest BCUT2D eigenvalue weighted by Gasteiger charge is -2.12. The molecule has 32 heavy (non-hydrogen) atoms. The highest BCUT2D eigenvalue weighted by Crippen LogP contribution is 2.31. The first kappa shape index (κ1) is 23.4. The molecule has 0 unspecified atom stereocenters. The Labute approximate surface area is 190 Å². The number of nitrogens with one attached hydrogen (secondary N) is 1. The van der Waals surface area contributed by atoms with Gasteiger partial charge >= 0.3 is 0 Å². The van der Waals surface area contributed by atoms with Crippen molar-refractivity contribution in [2.45, 2.75) is 11.7 Å². The molecule has 172 valence electrons. The quantitative estimate of drug-likeness (QED) is 0.428. The monoisotopic (exact) mass is 462 g/mol. The molecular formula is C20H26N6O5S. The van der Waals surface area contributed by atoms with E-state index in [9.17, 15) is 4.79 Å². The molecule has 0 atom stereocenters. The van der Waals surface area contributed by atoms with E-state index in [4.69, 9.17) is 18.9 Å². The van der Waals surface area contributed by atoms with Gasteiger partial charge in [-0.1, -0.05) is 11.8 Å². The summed E-state index contributed by atoms with van der Waals surface area (Å²) in [5.41, 5.74) is 1.26. The highest BCUT2D eigenvalue weighted by Gasteiger charge is 2.21. The number of thioether (sulfide) groups is 1. The number of rotatable bonds is 11. The van der Waals surface area contributed by atoms with Gasteiger partial charge in [0.2, 0.25) is 11.8 Å². The first-order valence-electron chi connectivity index (χ1n) is 9.65. The summed E-state index contributed by atoms with van der Waals surface area (Å²) in [6.45, 7) is 0.962. The molecule has 0 saturated carbocycles. The van der Waals surface area contributed by atoms with Crippen LogP contribution in [0.5, 0.6) is 17.4 Å². The zero-order chi connectivity index (χ0) is 23.1. The van der Waals surface area contributed by atoms with Crippen LogP contribution in [-0.4, -0.2) is 71.3 Å². The van der Waals surface area contributed by atoms with Gasteiger partial charge in [0.05, 0.1) is 45.9 Å². The van der Waals surface area contributed by atoms with Gasteiger partial charge in [-0.15, -0.1) is 15.3 Å². The molecule has 1 amide bonds. The molecule has 1 aromatic carbocycles. The van der Waals surface area contributed by atoms with Crippen molar-refractivity contribution < 1.29 is 23.7 Å². The molecule has 0 fully saturated rings. The number of aryl methyl sites for hydroxylation is 1. The van der Waals surface area contributed by atoms with Crippen LogP contribution < -0.4 is 19.5 Å². The van der Waals surface area contributed by atoms with E-state index in [1.54, 1.807) is 51.3 Å². The second kappa shape index (κ2) is 10.9. The number of aromatic nitrogens is 5. The predicted molar refractivity (Wildman–Crippen MR) is 120 cm³/mol. The van der Waals surface area contributed by atoms with E-state index < -0.39 is 0 Å². The van der Waals surface area contributed by atoms with Crippen LogP contribution in [0.25, 0.3) is 11.4 Å². The Morgan fingerprint density at radius 2 is 1.94 bits per heavy atom. The number of methoxy groups -OCH3 is 4. The summed E-state index contributed by atoms with van der Waals surface area (Å²) in [6.07, 6.45) is 1.81. The minimum atomic E-state index is -0.208. The highest BCUT2D eigenvalue weighted by molar-refractivity contribution is 7.99. The molecule has 0 aliphatic carbocycles. The zero-order valence-corrected chi connectivity index (χ0v) is 19.4. The topological polar surface area (TPSA) is 115 Å². The molecule has 11 nitrogen and oxygen atoms in total. The SMILES string of the molecule is COCCn1c(SCC(=O)Nc2ccc(OC)cc2OC)nnc1-c1cn(C)nc1OC. The lowest BCUT2D eigenvalue weighted by molar-refractivity contribution is -0.113. The van der Waals surface area contributed by atoms with Crippen molar-refractivity contribution in [3.8, 4) is 28.8 Å². The van der Waals surface area contributed by atoms with E-state index >= 15 is 0 Å². The summed E-state index contributed by atoms with van der Waals surface area (Å²) in [4.78, 5) is 12.6. The summed E-state index contributed by atoms with van der Waals surface area (Å²) in [5, 5.41) is 16.3. The van der Waals surface area contributed by atoms with E-state index in [0.29, 0.717) is 52.8 Å². The van der Waals surface area contributed by atoms with Crippen LogP contribution in [0.1, 0.15) is 0 Å². The normalized spacial score (nSPS) is 10.8. The molecule has 0 spiro atoms. The fraction of sp³-hybridized carbons (Fsp3) is 0.400. The predicted octanol–water partition coefficient (Wildman–Crippen LogP) is 2.08. The molecule has 2 aromatic heterocycles. The van der Waals surface area contributed by atoms with Crippen molar-refractivity contribution in [1.29, 1.82) is 0 Å². The zero-order valence-electron chi connectivity index (χ0n) is 18.6. The van der Waals surface area contributed by atoms with Gasteiger partial charge in [0.25, 0.3) is 0 Å². The lowest BCUT2D eigenvalue weighted by Crippen LogP contribution is -2.15. The van der Waals surface area contributed by atoms with E-state index in [2.05, 4.69) is 20.6 Å². The number of nitrogens with zero attached hydrogens (tertiary/aromatic N) is 5. The van der Waals surface area contributed by atoms with Crippen molar-refractivity contribution in [3.05, 3.63) is 24.4 Å². The Balaban J connectivity index is 1.76. The van der Waals surface area contributed by atoms with E-state index in [1.807, 2.05) is 10.8 Å². The number of carbonyl (C=O) groups excluding carboxylic acids is 1. The Morgan fingerprint density at radius 1 is 1.12 bits per heavy atom. The van der Waals surface area contributed by atoms with Crippen LogP contribution in [0.15, 0.2) is 29.6 Å². The average molecular weight is 463 g/mol.